The van der Waals surface area contributed by atoms with Gasteiger partial charge in [0.1, 0.15) is 9.88 Å². The summed E-state index contributed by atoms with van der Waals surface area (Å²) < 4.78 is 0. The highest BCUT2D eigenvalue weighted by Crippen LogP contribution is 2.27. The third kappa shape index (κ3) is 5.29. The number of hydrogen-bond acceptors (Lipinski definition) is 5. The molecule has 1 saturated carbocycles. The van der Waals surface area contributed by atoms with Crippen molar-refractivity contribution in [3.63, 3.8) is 0 Å². The average Bonchev–Trinajstić information content (AvgIpc) is 3.02. The van der Waals surface area contributed by atoms with Crippen molar-refractivity contribution in [1.29, 1.82) is 0 Å². The number of piperazine rings is 1. The van der Waals surface area contributed by atoms with Crippen molar-refractivity contribution in [2.24, 2.45) is 5.92 Å². The monoisotopic (exact) mass is 392 g/mol. The highest BCUT2D eigenvalue weighted by molar-refractivity contribution is 7.13. The van der Waals surface area contributed by atoms with Gasteiger partial charge in [0.25, 0.3) is 5.91 Å². The van der Waals surface area contributed by atoms with Crippen LogP contribution in [0.2, 0.25) is 0 Å². The molecule has 0 atom stereocenters. The van der Waals surface area contributed by atoms with E-state index in [0.29, 0.717) is 11.8 Å². The van der Waals surface area contributed by atoms with Crippen molar-refractivity contribution in [3.8, 4) is 0 Å². The Kier molecular flexibility index (Phi) is 6.87. The Hall–Kier alpha value is -1.47. The summed E-state index contributed by atoms with van der Waals surface area (Å²) in [5, 5.41) is 0.986. The maximum absolute atomic E-state index is 12.6. The minimum absolute atomic E-state index is 0.0226. The summed E-state index contributed by atoms with van der Waals surface area (Å²) in [6.07, 6.45) is 7.10. The van der Waals surface area contributed by atoms with Crippen LogP contribution in [0.3, 0.4) is 0 Å². The van der Waals surface area contributed by atoms with Crippen molar-refractivity contribution >= 4 is 23.2 Å². The van der Waals surface area contributed by atoms with Crippen LogP contribution in [0.15, 0.2) is 0 Å². The first-order valence-corrected chi connectivity index (χ1v) is 10.9. The molecular formula is C20H32N4O2S. The lowest BCUT2D eigenvalue weighted by atomic mass is 9.86. The van der Waals surface area contributed by atoms with Crippen LogP contribution < -0.4 is 0 Å². The molecule has 150 valence electrons. The zero-order chi connectivity index (χ0) is 19.4. The standard InChI is InChI=1S/C20H32N4O2S/c1-15-19(20(26)22(2)3)27-17(21-15)14-23-9-11-24(12-10-23)18(25)13-16-7-5-4-6-8-16/h16H,4-14H2,1-3H3. The van der Waals surface area contributed by atoms with Crippen LogP contribution >= 0.6 is 11.3 Å². The van der Waals surface area contributed by atoms with Crippen LogP contribution in [0, 0.1) is 12.8 Å². The number of carbonyl (C=O) groups is 2. The maximum atomic E-state index is 12.6. The Morgan fingerprint density at radius 1 is 1.11 bits per heavy atom. The first-order chi connectivity index (χ1) is 12.9. The normalized spacial score (nSPS) is 19.3. The second kappa shape index (κ2) is 9.15. The summed E-state index contributed by atoms with van der Waals surface area (Å²) in [5.41, 5.74) is 0.815. The average molecular weight is 393 g/mol. The molecule has 0 unspecified atom stereocenters. The van der Waals surface area contributed by atoms with Gasteiger partial charge in [-0.1, -0.05) is 19.3 Å². The first-order valence-electron chi connectivity index (χ1n) is 10.1. The minimum atomic E-state index is 0.0226. The SMILES string of the molecule is Cc1nc(CN2CCN(C(=O)CC3CCCCC3)CC2)sc1C(=O)N(C)C. The Balaban J connectivity index is 1.47. The van der Waals surface area contributed by atoms with Gasteiger partial charge in [-0.2, -0.15) is 0 Å². The molecule has 7 heteroatoms. The van der Waals surface area contributed by atoms with Gasteiger partial charge in [-0.3, -0.25) is 14.5 Å². The van der Waals surface area contributed by atoms with Crippen LogP contribution in [0.25, 0.3) is 0 Å². The number of amides is 2. The summed E-state index contributed by atoms with van der Waals surface area (Å²) in [6, 6.07) is 0. The molecule has 1 aliphatic heterocycles. The maximum Gasteiger partial charge on any atom is 0.265 e. The van der Waals surface area contributed by atoms with Crippen LogP contribution in [-0.4, -0.2) is 71.8 Å². The van der Waals surface area contributed by atoms with E-state index in [1.165, 1.54) is 43.4 Å². The van der Waals surface area contributed by atoms with Crippen molar-refractivity contribution in [3.05, 3.63) is 15.6 Å². The summed E-state index contributed by atoms with van der Waals surface area (Å²) >= 11 is 1.50. The molecule has 0 aromatic carbocycles. The summed E-state index contributed by atoms with van der Waals surface area (Å²) in [7, 11) is 3.54. The second-order valence-electron chi connectivity index (χ2n) is 8.09. The summed E-state index contributed by atoms with van der Waals surface area (Å²) in [5.74, 6) is 0.968. The van der Waals surface area contributed by atoms with Gasteiger partial charge in [0.05, 0.1) is 12.2 Å². The van der Waals surface area contributed by atoms with Crippen molar-refractivity contribution in [2.45, 2.75) is 52.0 Å². The summed E-state index contributed by atoms with van der Waals surface area (Å²) in [4.78, 5) is 36.1. The molecule has 0 bridgehead atoms. The van der Waals surface area contributed by atoms with E-state index >= 15 is 0 Å². The smallest absolute Gasteiger partial charge is 0.265 e. The molecule has 1 aromatic heterocycles. The first kappa shape index (κ1) is 20.3. The Morgan fingerprint density at radius 3 is 2.41 bits per heavy atom. The van der Waals surface area contributed by atoms with Gasteiger partial charge in [-0.05, 0) is 25.7 Å². The Labute approximate surface area is 166 Å². The van der Waals surface area contributed by atoms with Crippen molar-refractivity contribution in [2.75, 3.05) is 40.3 Å². The fourth-order valence-corrected chi connectivity index (χ4v) is 5.16. The number of carbonyl (C=O) groups excluding carboxylic acids is 2. The van der Waals surface area contributed by atoms with Crippen LogP contribution in [0.5, 0.6) is 0 Å². The molecule has 2 aliphatic rings. The Morgan fingerprint density at radius 2 is 1.78 bits per heavy atom. The molecule has 27 heavy (non-hydrogen) atoms. The van der Waals surface area contributed by atoms with Gasteiger partial charge >= 0.3 is 0 Å². The van der Waals surface area contributed by atoms with Gasteiger partial charge < -0.3 is 9.80 Å². The fraction of sp³-hybridized carbons (Fsp3) is 0.750. The van der Waals surface area contributed by atoms with Gasteiger partial charge in [0, 0.05) is 46.7 Å². The number of hydrogen-bond donors (Lipinski definition) is 0. The molecule has 2 fully saturated rings. The van der Waals surface area contributed by atoms with Gasteiger partial charge in [-0.15, -0.1) is 11.3 Å². The Bertz CT molecular complexity index is 659. The highest BCUT2D eigenvalue weighted by atomic mass is 32.1. The zero-order valence-electron chi connectivity index (χ0n) is 16.9. The number of thiazole rings is 1. The van der Waals surface area contributed by atoms with Gasteiger partial charge in [-0.25, -0.2) is 4.98 Å². The molecule has 0 N–H and O–H groups in total. The van der Waals surface area contributed by atoms with E-state index in [1.54, 1.807) is 19.0 Å². The molecule has 1 aliphatic carbocycles. The van der Waals surface area contributed by atoms with E-state index in [-0.39, 0.29) is 5.91 Å². The number of rotatable bonds is 5. The molecule has 1 aromatic rings. The lowest BCUT2D eigenvalue weighted by Crippen LogP contribution is -2.48. The van der Waals surface area contributed by atoms with E-state index in [1.807, 2.05) is 11.8 Å². The molecular weight excluding hydrogens is 360 g/mol. The van der Waals surface area contributed by atoms with Crippen molar-refractivity contribution < 1.29 is 9.59 Å². The molecule has 0 spiro atoms. The van der Waals surface area contributed by atoms with Gasteiger partial charge in [0.2, 0.25) is 5.91 Å². The lowest BCUT2D eigenvalue weighted by molar-refractivity contribution is -0.134. The molecule has 6 nitrogen and oxygen atoms in total. The molecule has 3 rings (SSSR count). The molecule has 1 saturated heterocycles. The van der Waals surface area contributed by atoms with E-state index in [0.717, 1.165) is 54.7 Å². The third-order valence-electron chi connectivity index (χ3n) is 5.71. The summed E-state index contributed by atoms with van der Waals surface area (Å²) in [6.45, 7) is 6.03. The molecule has 2 amide bonds. The third-order valence-corrected chi connectivity index (χ3v) is 6.84. The lowest BCUT2D eigenvalue weighted by Gasteiger charge is -2.35. The van der Waals surface area contributed by atoms with E-state index in [9.17, 15) is 9.59 Å². The van der Waals surface area contributed by atoms with Crippen LogP contribution in [0.1, 0.15) is 58.9 Å². The number of aryl methyl sites for hydroxylation is 1. The van der Waals surface area contributed by atoms with Crippen LogP contribution in [0.4, 0.5) is 0 Å². The minimum Gasteiger partial charge on any atom is -0.344 e. The van der Waals surface area contributed by atoms with E-state index in [4.69, 9.17) is 0 Å². The molecule has 0 radical (unpaired) electrons. The highest BCUT2D eigenvalue weighted by Gasteiger charge is 2.25. The van der Waals surface area contributed by atoms with Gasteiger partial charge in [0.15, 0.2) is 0 Å². The molecule has 2 heterocycles. The zero-order valence-corrected chi connectivity index (χ0v) is 17.7. The quantitative estimate of drug-likeness (QED) is 0.773. The van der Waals surface area contributed by atoms with Crippen LogP contribution in [-0.2, 0) is 11.3 Å². The van der Waals surface area contributed by atoms with E-state index in [2.05, 4.69) is 9.88 Å². The number of nitrogens with zero attached hydrogens (tertiary/aromatic N) is 4. The predicted octanol–water partition coefficient (Wildman–Crippen LogP) is 2.77. The second-order valence-corrected chi connectivity index (χ2v) is 9.17. The fourth-order valence-electron chi connectivity index (χ4n) is 4.04. The topological polar surface area (TPSA) is 56.8 Å². The van der Waals surface area contributed by atoms with E-state index < -0.39 is 0 Å². The number of aromatic nitrogens is 1. The van der Waals surface area contributed by atoms with Crippen molar-refractivity contribution in [1.82, 2.24) is 19.7 Å². The largest absolute Gasteiger partial charge is 0.344 e. The predicted molar refractivity (Wildman–Crippen MR) is 108 cm³/mol.